The maximum Gasteiger partial charge on any atom is 0.408 e. The molecule has 2 atom stereocenters. The van der Waals surface area contributed by atoms with E-state index in [-0.39, 0.29) is 55.0 Å². The monoisotopic (exact) mass is 580 g/mol. The van der Waals surface area contributed by atoms with Gasteiger partial charge < -0.3 is 33.6 Å². The van der Waals surface area contributed by atoms with Crippen LogP contribution in [0.2, 0.25) is 0 Å². The molecule has 1 aromatic heterocycles. The van der Waals surface area contributed by atoms with E-state index in [0.717, 1.165) is 30.9 Å². The molecule has 1 amide bonds. The lowest BCUT2D eigenvalue weighted by molar-refractivity contribution is -0.169. The van der Waals surface area contributed by atoms with E-state index in [0.29, 0.717) is 25.0 Å². The topological polar surface area (TPSA) is 114 Å². The van der Waals surface area contributed by atoms with E-state index in [2.05, 4.69) is 5.32 Å². The summed E-state index contributed by atoms with van der Waals surface area (Å²) in [6.07, 6.45) is 4.06. The highest BCUT2D eigenvalue weighted by Gasteiger charge is 2.51. The molecule has 11 heteroatoms. The van der Waals surface area contributed by atoms with Crippen molar-refractivity contribution < 1.29 is 37.7 Å². The first-order valence-electron chi connectivity index (χ1n) is 14.3. The van der Waals surface area contributed by atoms with Gasteiger partial charge >= 0.3 is 12.1 Å². The Morgan fingerprint density at radius 3 is 2.69 bits per heavy atom. The minimum absolute atomic E-state index is 0.0159. The molecule has 2 fully saturated rings. The molecule has 2 aliphatic heterocycles. The highest BCUT2D eigenvalue weighted by Crippen LogP contribution is 2.52. The van der Waals surface area contributed by atoms with Crippen LogP contribution in [0.4, 0.5) is 9.18 Å². The molecule has 2 aromatic carbocycles. The zero-order valence-corrected chi connectivity index (χ0v) is 23.4. The lowest BCUT2D eigenvalue weighted by Gasteiger charge is -2.33. The Hall–Kier alpha value is -3.96. The number of aromatic nitrogens is 1. The van der Waals surface area contributed by atoms with E-state index in [1.807, 2.05) is 30.3 Å². The van der Waals surface area contributed by atoms with Crippen molar-refractivity contribution in [3.63, 3.8) is 0 Å². The summed E-state index contributed by atoms with van der Waals surface area (Å²) in [7, 11) is 0. The molecular weight excluding hydrogens is 547 g/mol. The molecule has 1 saturated carbocycles. The van der Waals surface area contributed by atoms with Crippen molar-refractivity contribution in [1.29, 1.82) is 0 Å². The first kappa shape index (κ1) is 28.2. The fourth-order valence-corrected chi connectivity index (χ4v) is 5.65. The number of alkyl carbamates (subject to hydrolysis) is 1. The van der Waals surface area contributed by atoms with Gasteiger partial charge in [-0.05, 0) is 50.7 Å². The quantitative estimate of drug-likeness (QED) is 0.362. The molecule has 42 heavy (non-hydrogen) atoms. The van der Waals surface area contributed by atoms with Gasteiger partial charge in [0.1, 0.15) is 24.6 Å². The lowest BCUT2D eigenvalue weighted by atomic mass is 9.97. The van der Waals surface area contributed by atoms with Crippen molar-refractivity contribution in [1.82, 2.24) is 9.88 Å². The molecule has 2 unspecified atom stereocenters. The SMILES string of the molecule is CCOC(=O)c1cn2c3c(c(C4(NC(=O)OCc5ccccc5)CC4)c(F)cc3c1=O)OCC2COC1CCCCO1. The normalized spacial score (nSPS) is 20.4. The van der Waals surface area contributed by atoms with Crippen molar-refractivity contribution in [2.45, 2.75) is 63.5 Å². The minimum Gasteiger partial charge on any atom is -0.489 e. The van der Waals surface area contributed by atoms with Crippen molar-refractivity contribution in [2.24, 2.45) is 0 Å². The number of rotatable bonds is 9. The number of nitrogens with zero attached hydrogens (tertiary/aromatic N) is 1. The summed E-state index contributed by atoms with van der Waals surface area (Å²) < 4.78 is 46.1. The van der Waals surface area contributed by atoms with E-state index in [4.69, 9.17) is 23.7 Å². The summed E-state index contributed by atoms with van der Waals surface area (Å²) in [6, 6.07) is 9.92. The third-order valence-electron chi connectivity index (χ3n) is 7.93. The van der Waals surface area contributed by atoms with Crippen LogP contribution < -0.4 is 15.5 Å². The molecule has 1 aliphatic carbocycles. The van der Waals surface area contributed by atoms with E-state index in [1.54, 1.807) is 11.5 Å². The molecule has 6 rings (SSSR count). The number of nitrogens with one attached hydrogen (secondary N) is 1. The second-order valence-electron chi connectivity index (χ2n) is 10.8. The van der Waals surface area contributed by atoms with Gasteiger partial charge in [-0.25, -0.2) is 14.0 Å². The summed E-state index contributed by atoms with van der Waals surface area (Å²) in [6.45, 7) is 2.69. The van der Waals surface area contributed by atoms with Crippen LogP contribution in [-0.4, -0.2) is 49.3 Å². The van der Waals surface area contributed by atoms with Gasteiger partial charge in [0, 0.05) is 12.8 Å². The number of carbonyl (C=O) groups excluding carboxylic acids is 2. The van der Waals surface area contributed by atoms with Gasteiger partial charge in [-0.1, -0.05) is 30.3 Å². The van der Waals surface area contributed by atoms with Crippen LogP contribution in [0.3, 0.4) is 0 Å². The third kappa shape index (κ3) is 5.46. The second-order valence-corrected chi connectivity index (χ2v) is 10.8. The number of halogens is 1. The van der Waals surface area contributed by atoms with E-state index in [9.17, 15) is 14.4 Å². The summed E-state index contributed by atoms with van der Waals surface area (Å²) in [5, 5.41) is 2.82. The number of hydrogen-bond acceptors (Lipinski definition) is 8. The highest BCUT2D eigenvalue weighted by molar-refractivity contribution is 5.96. The predicted molar refractivity (Wildman–Crippen MR) is 149 cm³/mol. The van der Waals surface area contributed by atoms with Crippen LogP contribution in [0.25, 0.3) is 10.9 Å². The Balaban J connectivity index is 1.36. The lowest BCUT2D eigenvalue weighted by Crippen LogP contribution is -2.38. The van der Waals surface area contributed by atoms with Crippen molar-refractivity contribution in [3.8, 4) is 5.75 Å². The summed E-state index contributed by atoms with van der Waals surface area (Å²) >= 11 is 0. The third-order valence-corrected chi connectivity index (χ3v) is 7.93. The molecular formula is C31H33FN2O8. The summed E-state index contributed by atoms with van der Waals surface area (Å²) in [5.74, 6) is -1.35. The summed E-state index contributed by atoms with van der Waals surface area (Å²) in [4.78, 5) is 39.0. The van der Waals surface area contributed by atoms with Gasteiger partial charge in [0.2, 0.25) is 5.43 Å². The zero-order valence-electron chi connectivity index (χ0n) is 23.4. The van der Waals surface area contributed by atoms with E-state index < -0.39 is 34.9 Å². The van der Waals surface area contributed by atoms with Crippen molar-refractivity contribution in [2.75, 3.05) is 26.4 Å². The highest BCUT2D eigenvalue weighted by atomic mass is 19.1. The van der Waals surface area contributed by atoms with E-state index >= 15 is 4.39 Å². The predicted octanol–water partition coefficient (Wildman–Crippen LogP) is 4.71. The fourth-order valence-electron chi connectivity index (χ4n) is 5.65. The number of ether oxygens (including phenoxy) is 5. The molecule has 0 spiro atoms. The molecule has 3 aliphatic rings. The van der Waals surface area contributed by atoms with Crippen molar-refractivity contribution >= 4 is 23.0 Å². The van der Waals surface area contributed by atoms with Gasteiger partial charge in [-0.2, -0.15) is 0 Å². The van der Waals surface area contributed by atoms with Gasteiger partial charge in [-0.3, -0.25) is 4.79 Å². The standard InChI is InChI=1S/C31H33FN2O8/c1-2-38-29(36)22-15-34-20(17-40-24-10-6-7-13-39-24)18-41-28-25(23(32)14-21(26(28)34)27(22)35)31(11-12-31)33-30(37)42-16-19-8-4-3-5-9-19/h3-5,8-9,14-15,20,24H,2,6-7,10-13,16-18H2,1H3,(H,33,37). The molecule has 222 valence electrons. The Bertz CT molecular complexity index is 1550. The van der Waals surface area contributed by atoms with Crippen LogP contribution in [0.5, 0.6) is 5.75 Å². The number of amides is 1. The number of esters is 1. The van der Waals surface area contributed by atoms with Gasteiger partial charge in [0.25, 0.3) is 0 Å². The van der Waals surface area contributed by atoms with Gasteiger partial charge in [0.05, 0.1) is 41.3 Å². The molecule has 1 saturated heterocycles. The second kappa shape index (κ2) is 11.7. The van der Waals surface area contributed by atoms with Crippen molar-refractivity contribution in [3.05, 3.63) is 75.3 Å². The number of benzene rings is 2. The average molecular weight is 581 g/mol. The van der Waals surface area contributed by atoms with Crippen LogP contribution >= 0.6 is 0 Å². The van der Waals surface area contributed by atoms with Crippen LogP contribution in [0, 0.1) is 5.82 Å². The zero-order chi connectivity index (χ0) is 29.3. The Kier molecular flexibility index (Phi) is 7.87. The van der Waals surface area contributed by atoms with Gasteiger partial charge in [-0.15, -0.1) is 0 Å². The largest absolute Gasteiger partial charge is 0.489 e. The molecule has 0 radical (unpaired) electrons. The molecule has 3 heterocycles. The van der Waals surface area contributed by atoms with Gasteiger partial charge in [0.15, 0.2) is 12.0 Å². The Morgan fingerprint density at radius 1 is 1.17 bits per heavy atom. The molecule has 0 bridgehead atoms. The minimum atomic E-state index is -1.05. The smallest absolute Gasteiger partial charge is 0.408 e. The van der Waals surface area contributed by atoms with Crippen LogP contribution in [0.15, 0.2) is 47.4 Å². The molecule has 10 nitrogen and oxygen atoms in total. The Morgan fingerprint density at radius 2 is 1.98 bits per heavy atom. The first-order chi connectivity index (χ1) is 20.4. The van der Waals surface area contributed by atoms with Crippen LogP contribution in [-0.2, 0) is 31.1 Å². The van der Waals surface area contributed by atoms with Crippen LogP contribution in [0.1, 0.15) is 66.6 Å². The average Bonchev–Trinajstić information content (AvgIpc) is 3.77. The maximum atomic E-state index is 15.9. The molecule has 1 N–H and O–H groups in total. The van der Waals surface area contributed by atoms with E-state index in [1.165, 1.54) is 6.20 Å². The summed E-state index contributed by atoms with van der Waals surface area (Å²) in [5.41, 5.74) is -0.611. The first-order valence-corrected chi connectivity index (χ1v) is 14.3. The fraction of sp³-hybridized carbons (Fsp3) is 0.452. The maximum absolute atomic E-state index is 15.9. The Labute approximate surface area is 241 Å². The number of hydrogen-bond donors (Lipinski definition) is 1. The molecule has 3 aromatic rings. The number of carbonyl (C=O) groups is 2. The number of pyridine rings is 1.